The molecule has 2 aliphatic rings. The Balaban J connectivity index is 1.47. The van der Waals surface area contributed by atoms with Gasteiger partial charge in [0, 0.05) is 12.7 Å². The van der Waals surface area contributed by atoms with Crippen LogP contribution in [0.1, 0.15) is 22.2 Å². The Morgan fingerprint density at radius 3 is 2.65 bits per heavy atom. The smallest absolute Gasteiger partial charge is 0.267 e. The Morgan fingerprint density at radius 1 is 1.06 bits per heavy atom. The fourth-order valence-electron chi connectivity index (χ4n) is 3.72. The largest absolute Gasteiger partial charge is 0.454 e. The van der Waals surface area contributed by atoms with Crippen molar-refractivity contribution < 1.29 is 22.7 Å². The summed E-state index contributed by atoms with van der Waals surface area (Å²) in [7, 11) is -3.77. The van der Waals surface area contributed by atoms with Crippen LogP contribution in [0.5, 0.6) is 11.5 Å². The third-order valence-electron chi connectivity index (χ3n) is 5.33. The number of fused-ring (bicyclic) bond motifs is 1. The predicted molar refractivity (Wildman–Crippen MR) is 117 cm³/mol. The topological polar surface area (TPSA) is 77.8 Å². The van der Waals surface area contributed by atoms with E-state index in [9.17, 15) is 13.2 Å². The lowest BCUT2D eigenvalue weighted by Gasteiger charge is -2.25. The standard InChI is InChI=1S/C22H20N2O5S2/c1-15-4-7-17(8-5-15)31(26,27)24-10-2-3-18(24)22-23(21(25)13-30-22)12-16-6-9-19-20(11-16)29-14-28-19/h2-11,22H,12-14H2,1H3. The number of aromatic nitrogens is 1. The molecule has 7 nitrogen and oxygen atoms in total. The zero-order valence-electron chi connectivity index (χ0n) is 16.7. The number of carbonyl (C=O) groups excluding carboxylic acids is 1. The predicted octanol–water partition coefficient (Wildman–Crippen LogP) is 3.54. The number of thioether (sulfide) groups is 1. The number of aryl methyl sites for hydroxylation is 1. The first kappa shape index (κ1) is 20.0. The first-order valence-electron chi connectivity index (χ1n) is 9.72. The van der Waals surface area contributed by atoms with Crippen molar-refractivity contribution in [3.05, 3.63) is 77.6 Å². The van der Waals surface area contributed by atoms with Crippen molar-refractivity contribution in [1.29, 1.82) is 0 Å². The minimum absolute atomic E-state index is 0.0341. The maximum absolute atomic E-state index is 13.3. The summed E-state index contributed by atoms with van der Waals surface area (Å²) in [6.07, 6.45) is 1.53. The van der Waals surface area contributed by atoms with Crippen LogP contribution in [-0.4, -0.2) is 35.7 Å². The van der Waals surface area contributed by atoms with Gasteiger partial charge in [-0.15, -0.1) is 11.8 Å². The van der Waals surface area contributed by atoms with E-state index in [-0.39, 0.29) is 17.6 Å². The number of ether oxygens (including phenoxy) is 2. The van der Waals surface area contributed by atoms with Gasteiger partial charge in [0.25, 0.3) is 10.0 Å². The van der Waals surface area contributed by atoms with Gasteiger partial charge in [-0.1, -0.05) is 23.8 Å². The fraction of sp³-hybridized carbons (Fsp3) is 0.227. The van der Waals surface area contributed by atoms with Gasteiger partial charge in [-0.2, -0.15) is 0 Å². The van der Waals surface area contributed by atoms with E-state index in [1.165, 1.54) is 21.9 Å². The summed E-state index contributed by atoms with van der Waals surface area (Å²) in [6, 6.07) is 15.8. The van der Waals surface area contributed by atoms with Crippen LogP contribution < -0.4 is 9.47 Å². The molecular formula is C22H20N2O5S2. The third-order valence-corrected chi connectivity index (χ3v) is 8.28. The number of hydrogen-bond donors (Lipinski definition) is 0. The first-order chi connectivity index (χ1) is 14.9. The van der Waals surface area contributed by atoms with Crippen LogP contribution in [0.4, 0.5) is 0 Å². The second kappa shape index (κ2) is 7.65. The first-order valence-corrected chi connectivity index (χ1v) is 12.2. The van der Waals surface area contributed by atoms with E-state index in [4.69, 9.17) is 9.47 Å². The van der Waals surface area contributed by atoms with Crippen LogP contribution in [-0.2, 0) is 21.4 Å². The Bertz CT molecular complexity index is 1250. The van der Waals surface area contributed by atoms with Crippen LogP contribution >= 0.6 is 11.8 Å². The highest BCUT2D eigenvalue weighted by Crippen LogP contribution is 2.41. The second-order valence-corrected chi connectivity index (χ2v) is 10.3. The highest BCUT2D eigenvalue weighted by atomic mass is 32.2. The summed E-state index contributed by atoms with van der Waals surface area (Å²) >= 11 is 1.42. The molecule has 1 amide bonds. The highest BCUT2D eigenvalue weighted by Gasteiger charge is 2.36. The normalized spacial score (nSPS) is 18.0. The Morgan fingerprint density at radius 2 is 1.84 bits per heavy atom. The van der Waals surface area contributed by atoms with Crippen molar-refractivity contribution in [3.63, 3.8) is 0 Å². The second-order valence-electron chi connectivity index (χ2n) is 7.42. The molecule has 160 valence electrons. The molecular weight excluding hydrogens is 436 g/mol. The molecule has 3 aromatic rings. The molecule has 2 aromatic carbocycles. The molecule has 2 aliphatic heterocycles. The summed E-state index contributed by atoms with van der Waals surface area (Å²) in [5.41, 5.74) is 2.43. The maximum atomic E-state index is 13.3. The van der Waals surface area contributed by atoms with E-state index >= 15 is 0 Å². The Hall–Kier alpha value is -2.91. The van der Waals surface area contributed by atoms with E-state index in [0.717, 1.165) is 11.1 Å². The lowest BCUT2D eigenvalue weighted by atomic mass is 10.2. The molecule has 3 heterocycles. The number of benzene rings is 2. The van der Waals surface area contributed by atoms with Crippen LogP contribution in [0.2, 0.25) is 0 Å². The Kier molecular flexibility index (Phi) is 4.94. The van der Waals surface area contributed by atoms with Crippen molar-refractivity contribution in [2.24, 2.45) is 0 Å². The molecule has 0 radical (unpaired) electrons. The molecule has 9 heteroatoms. The van der Waals surface area contributed by atoms with Crippen LogP contribution in [0, 0.1) is 6.92 Å². The average Bonchev–Trinajstić information content (AvgIpc) is 3.49. The van der Waals surface area contributed by atoms with Gasteiger partial charge in [-0.3, -0.25) is 4.79 Å². The molecule has 1 atom stereocenters. The van der Waals surface area contributed by atoms with Crippen molar-refractivity contribution >= 4 is 27.7 Å². The number of amides is 1. The van der Waals surface area contributed by atoms with Crippen LogP contribution in [0.25, 0.3) is 0 Å². The van der Waals surface area contributed by atoms with Crippen LogP contribution in [0.3, 0.4) is 0 Å². The molecule has 0 N–H and O–H groups in total. The number of nitrogens with zero attached hydrogens (tertiary/aromatic N) is 2. The zero-order chi connectivity index (χ0) is 21.6. The minimum atomic E-state index is -3.77. The summed E-state index contributed by atoms with van der Waals surface area (Å²) in [4.78, 5) is 14.6. The van der Waals surface area contributed by atoms with Gasteiger partial charge in [-0.05, 0) is 48.9 Å². The van der Waals surface area contributed by atoms with E-state index in [2.05, 4.69) is 0 Å². The van der Waals surface area contributed by atoms with E-state index in [1.807, 2.05) is 25.1 Å². The highest BCUT2D eigenvalue weighted by molar-refractivity contribution is 8.00. The molecule has 1 aromatic heterocycles. The summed E-state index contributed by atoms with van der Waals surface area (Å²) < 4.78 is 38.6. The van der Waals surface area contributed by atoms with E-state index in [1.54, 1.807) is 41.3 Å². The van der Waals surface area contributed by atoms with Gasteiger partial charge in [0.05, 0.1) is 16.3 Å². The lowest BCUT2D eigenvalue weighted by Crippen LogP contribution is -2.29. The number of carbonyl (C=O) groups is 1. The zero-order valence-corrected chi connectivity index (χ0v) is 18.4. The summed E-state index contributed by atoms with van der Waals surface area (Å²) in [5.74, 6) is 1.60. The fourth-order valence-corrected chi connectivity index (χ4v) is 6.36. The van der Waals surface area contributed by atoms with Gasteiger partial charge < -0.3 is 14.4 Å². The third kappa shape index (κ3) is 3.57. The monoisotopic (exact) mass is 456 g/mol. The summed E-state index contributed by atoms with van der Waals surface area (Å²) in [6.45, 7) is 2.44. The Labute approximate surface area is 184 Å². The van der Waals surface area contributed by atoms with Gasteiger partial charge >= 0.3 is 0 Å². The maximum Gasteiger partial charge on any atom is 0.267 e. The SMILES string of the molecule is Cc1ccc(S(=O)(=O)n2cccc2C2SCC(=O)N2Cc2ccc3c(c2)OCO3)cc1. The number of rotatable bonds is 5. The number of hydrogen-bond acceptors (Lipinski definition) is 6. The van der Waals surface area contributed by atoms with Gasteiger partial charge in [0.1, 0.15) is 5.37 Å². The minimum Gasteiger partial charge on any atom is -0.454 e. The molecule has 1 unspecified atom stereocenters. The molecule has 5 rings (SSSR count). The van der Waals surface area contributed by atoms with Gasteiger partial charge in [0.15, 0.2) is 11.5 Å². The van der Waals surface area contributed by atoms with Crippen molar-refractivity contribution in [1.82, 2.24) is 8.87 Å². The van der Waals surface area contributed by atoms with Crippen molar-refractivity contribution in [2.75, 3.05) is 12.5 Å². The van der Waals surface area contributed by atoms with E-state index < -0.39 is 15.4 Å². The molecule has 0 bridgehead atoms. The molecule has 0 saturated carbocycles. The van der Waals surface area contributed by atoms with E-state index in [0.29, 0.717) is 29.5 Å². The lowest BCUT2D eigenvalue weighted by molar-refractivity contribution is -0.128. The molecule has 1 fully saturated rings. The average molecular weight is 457 g/mol. The van der Waals surface area contributed by atoms with Gasteiger partial charge in [-0.25, -0.2) is 12.4 Å². The van der Waals surface area contributed by atoms with Crippen molar-refractivity contribution in [2.45, 2.75) is 23.7 Å². The molecule has 31 heavy (non-hydrogen) atoms. The van der Waals surface area contributed by atoms with Crippen molar-refractivity contribution in [3.8, 4) is 11.5 Å². The van der Waals surface area contributed by atoms with Crippen LogP contribution in [0.15, 0.2) is 65.7 Å². The molecule has 0 spiro atoms. The van der Waals surface area contributed by atoms with Gasteiger partial charge in [0.2, 0.25) is 12.7 Å². The molecule has 1 saturated heterocycles. The quantitative estimate of drug-likeness (QED) is 0.585. The summed E-state index contributed by atoms with van der Waals surface area (Å²) in [5, 5.41) is -0.409. The molecule has 0 aliphatic carbocycles.